The van der Waals surface area contributed by atoms with Crippen LogP contribution in [-0.2, 0) is 16.6 Å². The molecule has 24 heavy (non-hydrogen) atoms. The van der Waals surface area contributed by atoms with Crippen LogP contribution < -0.4 is 9.62 Å². The lowest BCUT2D eigenvalue weighted by molar-refractivity contribution is 0.301. The molecule has 0 aliphatic rings. The lowest BCUT2D eigenvalue weighted by atomic mass is 10.2. The van der Waals surface area contributed by atoms with Gasteiger partial charge in [-0.2, -0.15) is 0 Å². The number of nitrogens with zero attached hydrogens (tertiary/aromatic N) is 1. The summed E-state index contributed by atoms with van der Waals surface area (Å²) in [4.78, 5) is 2.27. The van der Waals surface area contributed by atoms with Crippen LogP contribution in [0.3, 0.4) is 0 Å². The Morgan fingerprint density at radius 1 is 1.04 bits per heavy atom. The molecule has 0 aromatic heterocycles. The first-order valence-corrected chi connectivity index (χ1v) is 9.54. The van der Waals surface area contributed by atoms with Gasteiger partial charge >= 0.3 is 0 Å². The molecule has 0 heterocycles. The van der Waals surface area contributed by atoms with Crippen LogP contribution in [0.4, 0.5) is 5.69 Å². The largest absolute Gasteiger partial charge is 0.395 e. The molecule has 0 bridgehead atoms. The van der Waals surface area contributed by atoms with Gasteiger partial charge in [0.2, 0.25) is 10.0 Å². The second-order valence-electron chi connectivity index (χ2n) is 5.52. The highest BCUT2D eigenvalue weighted by atomic mass is 32.2. The summed E-state index contributed by atoms with van der Waals surface area (Å²) >= 11 is 0. The molecule has 0 aliphatic heterocycles. The van der Waals surface area contributed by atoms with Crippen molar-refractivity contribution in [3.05, 3.63) is 60.2 Å². The quantitative estimate of drug-likeness (QED) is 0.730. The molecule has 2 aromatic rings. The predicted molar refractivity (Wildman–Crippen MR) is 96.5 cm³/mol. The summed E-state index contributed by atoms with van der Waals surface area (Å²) in [5.41, 5.74) is 2.01. The minimum Gasteiger partial charge on any atom is -0.395 e. The van der Waals surface area contributed by atoms with E-state index in [2.05, 4.69) is 4.72 Å². The molecule has 2 aromatic carbocycles. The topological polar surface area (TPSA) is 69.6 Å². The van der Waals surface area contributed by atoms with Crippen LogP contribution in [0.5, 0.6) is 0 Å². The van der Waals surface area contributed by atoms with Crippen LogP contribution in [0.1, 0.15) is 18.9 Å². The maximum absolute atomic E-state index is 12.1. The molecule has 0 spiro atoms. The maximum atomic E-state index is 12.1. The Morgan fingerprint density at radius 2 is 1.71 bits per heavy atom. The molecule has 2 N–H and O–H groups in total. The van der Waals surface area contributed by atoms with Gasteiger partial charge < -0.3 is 10.0 Å². The van der Waals surface area contributed by atoms with E-state index in [1.165, 1.54) is 0 Å². The Hall–Kier alpha value is -1.89. The van der Waals surface area contributed by atoms with Crippen molar-refractivity contribution in [3.63, 3.8) is 0 Å². The van der Waals surface area contributed by atoms with Gasteiger partial charge in [0.05, 0.1) is 11.5 Å². The lowest BCUT2D eigenvalue weighted by Crippen LogP contribution is -2.27. The smallest absolute Gasteiger partial charge is 0.240 e. The Bertz CT molecular complexity index is 716. The molecule has 0 amide bonds. The van der Waals surface area contributed by atoms with E-state index in [1.807, 2.05) is 42.2 Å². The van der Waals surface area contributed by atoms with E-state index in [0.717, 1.165) is 17.7 Å². The summed E-state index contributed by atoms with van der Waals surface area (Å²) in [6.45, 7) is 3.51. The Labute approximate surface area is 144 Å². The van der Waals surface area contributed by atoms with E-state index in [9.17, 15) is 13.5 Å². The van der Waals surface area contributed by atoms with Gasteiger partial charge in [0.25, 0.3) is 0 Å². The van der Waals surface area contributed by atoms with Gasteiger partial charge in [-0.3, -0.25) is 0 Å². The molecule has 130 valence electrons. The van der Waals surface area contributed by atoms with Crippen molar-refractivity contribution in [3.8, 4) is 0 Å². The molecule has 0 aliphatic carbocycles. The number of hydrogen-bond donors (Lipinski definition) is 2. The first-order valence-electron chi connectivity index (χ1n) is 8.06. The van der Waals surface area contributed by atoms with Crippen LogP contribution in [-0.4, -0.2) is 33.2 Å². The summed E-state index contributed by atoms with van der Waals surface area (Å²) in [5.74, 6) is 0. The predicted octanol–water partition coefficient (Wildman–Crippen LogP) is 2.37. The summed E-state index contributed by atoms with van der Waals surface area (Å²) in [6.07, 6.45) is 0.749. The third-order valence-electron chi connectivity index (χ3n) is 3.64. The van der Waals surface area contributed by atoms with E-state index in [-0.39, 0.29) is 11.5 Å². The van der Waals surface area contributed by atoms with Crippen molar-refractivity contribution in [2.45, 2.75) is 24.8 Å². The molecular weight excluding hydrogens is 324 g/mol. The minimum absolute atomic E-state index is 0.0327. The second kappa shape index (κ2) is 8.82. The van der Waals surface area contributed by atoms with Crippen molar-refractivity contribution in [1.29, 1.82) is 0 Å². The summed E-state index contributed by atoms with van der Waals surface area (Å²) in [5, 5.41) is 9.31. The molecule has 0 radical (unpaired) electrons. The molecule has 0 fully saturated rings. The molecule has 2 rings (SSSR count). The number of nitrogens with one attached hydrogen (secondary N) is 1. The van der Waals surface area contributed by atoms with Gasteiger partial charge in [0.15, 0.2) is 0 Å². The number of benzene rings is 2. The van der Waals surface area contributed by atoms with E-state index in [4.69, 9.17) is 0 Å². The summed E-state index contributed by atoms with van der Waals surface area (Å²) in [7, 11) is -3.45. The van der Waals surface area contributed by atoms with E-state index >= 15 is 0 Å². The minimum atomic E-state index is -3.45. The first kappa shape index (κ1) is 18.4. The highest BCUT2D eigenvalue weighted by Crippen LogP contribution is 2.20. The Kier molecular flexibility index (Phi) is 6.78. The molecule has 0 atom stereocenters. The third-order valence-corrected chi connectivity index (χ3v) is 5.12. The van der Waals surface area contributed by atoms with Crippen LogP contribution in [0.25, 0.3) is 0 Å². The Morgan fingerprint density at radius 3 is 2.29 bits per heavy atom. The number of hydrogen-bond acceptors (Lipinski definition) is 4. The second-order valence-corrected chi connectivity index (χ2v) is 7.29. The van der Waals surface area contributed by atoms with Crippen molar-refractivity contribution in [2.75, 3.05) is 24.6 Å². The van der Waals surface area contributed by atoms with E-state index < -0.39 is 10.0 Å². The number of rotatable bonds is 9. The first-order chi connectivity index (χ1) is 11.6. The molecular formula is C18H24N2O3S. The van der Waals surface area contributed by atoms with Crippen molar-refractivity contribution in [2.24, 2.45) is 0 Å². The summed E-state index contributed by atoms with van der Waals surface area (Å²) in [6, 6.07) is 16.7. The van der Waals surface area contributed by atoms with Gasteiger partial charge in [-0.05, 0) is 36.2 Å². The number of aliphatic hydroxyl groups is 1. The fourth-order valence-electron chi connectivity index (χ4n) is 2.38. The van der Waals surface area contributed by atoms with Crippen molar-refractivity contribution < 1.29 is 13.5 Å². The molecule has 0 saturated heterocycles. The maximum Gasteiger partial charge on any atom is 0.240 e. The van der Waals surface area contributed by atoms with Gasteiger partial charge in [0, 0.05) is 25.3 Å². The lowest BCUT2D eigenvalue weighted by Gasteiger charge is -2.24. The van der Waals surface area contributed by atoms with Gasteiger partial charge in [0.1, 0.15) is 0 Å². The van der Waals surface area contributed by atoms with Crippen molar-refractivity contribution >= 4 is 15.7 Å². The van der Waals surface area contributed by atoms with Crippen LogP contribution in [0, 0.1) is 0 Å². The fourth-order valence-corrected chi connectivity index (χ4v) is 3.51. The number of anilines is 1. The number of sulfonamides is 1. The average molecular weight is 348 g/mol. The standard InChI is InChI=1S/C18H24N2O3S/c1-2-12-19-24(22,23)18-10-8-17(9-11-18)20(13-14-21)15-16-6-4-3-5-7-16/h3-11,19,21H,2,12-15H2,1H3. The highest BCUT2D eigenvalue weighted by molar-refractivity contribution is 7.89. The SMILES string of the molecule is CCCNS(=O)(=O)c1ccc(N(CCO)Cc2ccccc2)cc1. The molecule has 5 nitrogen and oxygen atoms in total. The van der Waals surface area contributed by atoms with Gasteiger partial charge in [-0.25, -0.2) is 13.1 Å². The van der Waals surface area contributed by atoms with Gasteiger partial charge in [-0.15, -0.1) is 0 Å². The summed E-state index contributed by atoms with van der Waals surface area (Å²) < 4.78 is 26.8. The average Bonchev–Trinajstić information content (AvgIpc) is 2.61. The van der Waals surface area contributed by atoms with Crippen LogP contribution >= 0.6 is 0 Å². The van der Waals surface area contributed by atoms with E-state index in [0.29, 0.717) is 19.6 Å². The highest BCUT2D eigenvalue weighted by Gasteiger charge is 2.14. The molecule has 0 unspecified atom stereocenters. The van der Waals surface area contributed by atoms with Gasteiger partial charge in [-0.1, -0.05) is 37.3 Å². The fraction of sp³-hybridized carbons (Fsp3) is 0.333. The monoisotopic (exact) mass is 348 g/mol. The van der Waals surface area contributed by atoms with Crippen LogP contribution in [0.15, 0.2) is 59.5 Å². The number of aliphatic hydroxyl groups excluding tert-OH is 1. The Balaban J connectivity index is 2.16. The molecule has 0 saturated carbocycles. The molecule has 6 heteroatoms. The zero-order valence-electron chi connectivity index (χ0n) is 13.9. The zero-order chi connectivity index (χ0) is 17.4. The van der Waals surface area contributed by atoms with Crippen molar-refractivity contribution in [1.82, 2.24) is 4.72 Å². The normalized spacial score (nSPS) is 11.4. The third kappa shape index (κ3) is 5.06. The zero-order valence-corrected chi connectivity index (χ0v) is 14.7. The van der Waals surface area contributed by atoms with Crippen LogP contribution in [0.2, 0.25) is 0 Å². The van der Waals surface area contributed by atoms with E-state index in [1.54, 1.807) is 24.3 Å².